The molecule has 1 aromatic heterocycles. The third-order valence-corrected chi connectivity index (χ3v) is 4.95. The molecular weight excluding hydrogens is 365 g/mol. The van der Waals surface area contributed by atoms with Crippen molar-refractivity contribution >= 4 is 28.8 Å². The second-order valence-corrected chi connectivity index (χ2v) is 6.88. The lowest BCUT2D eigenvalue weighted by molar-refractivity contribution is 0.0954. The molecule has 0 spiro atoms. The Morgan fingerprint density at radius 1 is 1.15 bits per heavy atom. The topological polar surface area (TPSA) is 71.1 Å². The number of anilines is 1. The molecule has 3 rings (SSSR count). The molecule has 3 aromatic rings. The summed E-state index contributed by atoms with van der Waals surface area (Å²) in [6.07, 6.45) is 1.42. The molecule has 2 amide bonds. The highest BCUT2D eigenvalue weighted by Gasteiger charge is 2.16. The number of hydrogen-bond donors (Lipinski definition) is 2. The quantitative estimate of drug-likeness (QED) is 0.692. The van der Waals surface area contributed by atoms with E-state index in [1.807, 2.05) is 13.8 Å². The van der Waals surface area contributed by atoms with Crippen LogP contribution in [0.3, 0.4) is 0 Å². The van der Waals surface area contributed by atoms with Crippen LogP contribution in [0, 0.1) is 12.7 Å². The third-order valence-electron chi connectivity index (χ3n) is 3.92. The second kappa shape index (κ2) is 8.09. The molecule has 0 atom stereocenters. The monoisotopic (exact) mass is 383 g/mol. The molecule has 7 heteroatoms. The molecule has 138 valence electrons. The molecule has 0 unspecified atom stereocenters. The van der Waals surface area contributed by atoms with E-state index in [9.17, 15) is 14.0 Å². The number of aryl methyl sites for hydroxylation is 1. The molecule has 0 saturated carbocycles. The summed E-state index contributed by atoms with van der Waals surface area (Å²) < 4.78 is 13.9. The van der Waals surface area contributed by atoms with Crippen LogP contribution in [0.4, 0.5) is 10.1 Å². The maximum atomic E-state index is 13.9. The Bertz CT molecular complexity index is 1000. The normalized spacial score (nSPS) is 10.5. The van der Waals surface area contributed by atoms with Crippen LogP contribution in [0.5, 0.6) is 0 Å². The van der Waals surface area contributed by atoms with Gasteiger partial charge in [-0.05, 0) is 43.7 Å². The molecule has 0 bridgehead atoms. The summed E-state index contributed by atoms with van der Waals surface area (Å²) in [4.78, 5) is 29.1. The fraction of sp³-hybridized carbons (Fsp3) is 0.150. The highest BCUT2D eigenvalue weighted by molar-refractivity contribution is 7.17. The number of nitrogens with zero attached hydrogens (tertiary/aromatic N) is 1. The number of rotatable bonds is 5. The van der Waals surface area contributed by atoms with Crippen LogP contribution in [0.25, 0.3) is 10.6 Å². The van der Waals surface area contributed by atoms with E-state index in [0.717, 1.165) is 16.9 Å². The van der Waals surface area contributed by atoms with Gasteiger partial charge in [0.25, 0.3) is 11.8 Å². The van der Waals surface area contributed by atoms with Gasteiger partial charge >= 0.3 is 0 Å². The van der Waals surface area contributed by atoms with E-state index in [0.29, 0.717) is 33.2 Å². The zero-order valence-electron chi connectivity index (χ0n) is 14.9. The van der Waals surface area contributed by atoms with E-state index < -0.39 is 0 Å². The smallest absolute Gasteiger partial charge is 0.267 e. The number of thiazole rings is 1. The lowest BCUT2D eigenvalue weighted by Gasteiger charge is -2.10. The zero-order valence-corrected chi connectivity index (χ0v) is 15.7. The Balaban J connectivity index is 1.81. The van der Waals surface area contributed by atoms with Gasteiger partial charge in [0.05, 0.1) is 6.20 Å². The fourth-order valence-corrected chi connectivity index (χ4v) is 3.32. The Morgan fingerprint density at radius 2 is 1.93 bits per heavy atom. The lowest BCUT2D eigenvalue weighted by Crippen LogP contribution is -2.23. The van der Waals surface area contributed by atoms with Gasteiger partial charge in [-0.25, -0.2) is 9.37 Å². The van der Waals surface area contributed by atoms with Crippen molar-refractivity contribution in [3.8, 4) is 10.6 Å². The Hall–Kier alpha value is -3.06. The van der Waals surface area contributed by atoms with Gasteiger partial charge in [0.2, 0.25) is 0 Å². The number of carbonyl (C=O) groups is 2. The summed E-state index contributed by atoms with van der Waals surface area (Å²) in [5, 5.41) is 5.96. The van der Waals surface area contributed by atoms with Crippen LogP contribution in [-0.2, 0) is 0 Å². The average Bonchev–Trinajstić information content (AvgIpc) is 3.14. The third kappa shape index (κ3) is 4.20. The minimum Gasteiger partial charge on any atom is -0.352 e. The molecule has 2 N–H and O–H groups in total. The maximum absolute atomic E-state index is 13.9. The molecule has 0 aliphatic rings. The summed E-state index contributed by atoms with van der Waals surface area (Å²) in [6, 6.07) is 11.4. The van der Waals surface area contributed by atoms with Gasteiger partial charge in [-0.15, -0.1) is 11.3 Å². The first-order chi connectivity index (χ1) is 13.0. The Morgan fingerprint density at radius 3 is 2.67 bits per heavy atom. The number of nitrogens with one attached hydrogen (secondary N) is 2. The summed E-state index contributed by atoms with van der Waals surface area (Å²) in [5.74, 6) is -0.942. The van der Waals surface area contributed by atoms with Crippen molar-refractivity contribution in [3.05, 3.63) is 70.5 Å². The van der Waals surface area contributed by atoms with Gasteiger partial charge in [-0.1, -0.05) is 18.2 Å². The molecule has 5 nitrogen and oxygen atoms in total. The minimum absolute atomic E-state index is 0.201. The standard InChI is InChI=1S/C20H18FN3O2S/c1-3-22-18(25)13-9-8-12(2)16(10-13)24-19(26)17-11-23-20(27-17)14-6-4-5-7-15(14)21/h4-11H,3H2,1-2H3,(H,22,25)(H,24,26). The first-order valence-corrected chi connectivity index (χ1v) is 9.22. The van der Waals surface area contributed by atoms with Gasteiger partial charge in [0, 0.05) is 23.4 Å². The molecule has 0 radical (unpaired) electrons. The number of aromatic nitrogens is 1. The molecule has 0 aliphatic heterocycles. The van der Waals surface area contributed by atoms with E-state index in [1.54, 1.807) is 36.4 Å². The predicted molar refractivity (Wildman–Crippen MR) is 105 cm³/mol. The summed E-state index contributed by atoms with van der Waals surface area (Å²) >= 11 is 1.11. The van der Waals surface area contributed by atoms with Crippen molar-refractivity contribution in [1.29, 1.82) is 0 Å². The van der Waals surface area contributed by atoms with E-state index in [2.05, 4.69) is 15.6 Å². The first kappa shape index (κ1) is 18.7. The van der Waals surface area contributed by atoms with Crippen LogP contribution < -0.4 is 10.6 Å². The summed E-state index contributed by atoms with van der Waals surface area (Å²) in [7, 11) is 0. The summed E-state index contributed by atoms with van der Waals surface area (Å²) in [6.45, 7) is 4.20. The first-order valence-electron chi connectivity index (χ1n) is 8.40. The molecular formula is C20H18FN3O2S. The van der Waals surface area contributed by atoms with Gasteiger partial charge in [-0.2, -0.15) is 0 Å². The number of amides is 2. The Labute approximate surface area is 160 Å². The van der Waals surface area contributed by atoms with Crippen LogP contribution in [0.15, 0.2) is 48.7 Å². The highest BCUT2D eigenvalue weighted by Crippen LogP contribution is 2.28. The van der Waals surface area contributed by atoms with Crippen molar-refractivity contribution in [2.24, 2.45) is 0 Å². The van der Waals surface area contributed by atoms with Crippen molar-refractivity contribution in [2.45, 2.75) is 13.8 Å². The molecule has 0 aliphatic carbocycles. The summed E-state index contributed by atoms with van der Waals surface area (Å²) in [5.41, 5.74) is 2.20. The Kier molecular flexibility index (Phi) is 5.61. The van der Waals surface area contributed by atoms with E-state index in [1.165, 1.54) is 12.3 Å². The van der Waals surface area contributed by atoms with Crippen LogP contribution in [0.2, 0.25) is 0 Å². The lowest BCUT2D eigenvalue weighted by atomic mass is 10.1. The number of carbonyl (C=O) groups excluding carboxylic acids is 2. The van der Waals surface area contributed by atoms with Crippen LogP contribution in [0.1, 0.15) is 32.5 Å². The number of hydrogen-bond acceptors (Lipinski definition) is 4. The number of halogens is 1. The molecule has 2 aromatic carbocycles. The maximum Gasteiger partial charge on any atom is 0.267 e. The molecule has 27 heavy (non-hydrogen) atoms. The van der Waals surface area contributed by atoms with Gasteiger partial charge < -0.3 is 10.6 Å². The fourth-order valence-electron chi connectivity index (χ4n) is 2.48. The van der Waals surface area contributed by atoms with E-state index >= 15 is 0 Å². The highest BCUT2D eigenvalue weighted by atomic mass is 32.1. The molecule has 0 saturated heterocycles. The van der Waals surface area contributed by atoms with Gasteiger partial charge in [0.1, 0.15) is 15.7 Å². The van der Waals surface area contributed by atoms with E-state index in [4.69, 9.17) is 0 Å². The van der Waals surface area contributed by atoms with Crippen molar-refractivity contribution in [1.82, 2.24) is 10.3 Å². The largest absolute Gasteiger partial charge is 0.352 e. The number of benzene rings is 2. The van der Waals surface area contributed by atoms with Crippen LogP contribution in [-0.4, -0.2) is 23.3 Å². The van der Waals surface area contributed by atoms with Gasteiger partial charge in [-0.3, -0.25) is 9.59 Å². The zero-order chi connectivity index (χ0) is 19.4. The average molecular weight is 383 g/mol. The predicted octanol–water partition coefficient (Wildman–Crippen LogP) is 4.26. The molecule has 1 heterocycles. The van der Waals surface area contributed by atoms with Crippen molar-refractivity contribution in [3.63, 3.8) is 0 Å². The second-order valence-electron chi connectivity index (χ2n) is 5.85. The van der Waals surface area contributed by atoms with Crippen LogP contribution >= 0.6 is 11.3 Å². The SMILES string of the molecule is CCNC(=O)c1ccc(C)c(NC(=O)c2cnc(-c3ccccc3F)s2)c1. The van der Waals surface area contributed by atoms with Gasteiger partial charge in [0.15, 0.2) is 0 Å². The van der Waals surface area contributed by atoms with Crippen molar-refractivity contribution in [2.75, 3.05) is 11.9 Å². The van der Waals surface area contributed by atoms with E-state index in [-0.39, 0.29) is 17.6 Å². The van der Waals surface area contributed by atoms with Crippen molar-refractivity contribution < 1.29 is 14.0 Å². The molecule has 0 fully saturated rings. The minimum atomic E-state index is -0.385.